The summed E-state index contributed by atoms with van der Waals surface area (Å²) in [4.78, 5) is 31.4. The molecule has 1 aromatic carbocycles. The fourth-order valence-corrected chi connectivity index (χ4v) is 1.93. The highest BCUT2D eigenvalue weighted by atomic mass is 16.5. The number of aromatic nitrogens is 2. The summed E-state index contributed by atoms with van der Waals surface area (Å²) in [6.45, 7) is -0.169. The van der Waals surface area contributed by atoms with Crippen LogP contribution in [-0.4, -0.2) is 28.3 Å². The van der Waals surface area contributed by atoms with Crippen molar-refractivity contribution in [2.75, 3.05) is 11.9 Å². The molecule has 0 atom stereocenters. The molecule has 0 fully saturated rings. The van der Waals surface area contributed by atoms with Gasteiger partial charge in [-0.2, -0.15) is 0 Å². The molecule has 8 heteroatoms. The quantitative estimate of drug-likeness (QED) is 0.714. The van der Waals surface area contributed by atoms with E-state index in [-0.39, 0.29) is 18.2 Å². The second kappa shape index (κ2) is 7.73. The fraction of sp³-hybridized carbons (Fsp3) is 0.0588. The topological polar surface area (TPSA) is 106 Å². The van der Waals surface area contributed by atoms with Crippen molar-refractivity contribution in [2.24, 2.45) is 0 Å². The fourth-order valence-electron chi connectivity index (χ4n) is 1.93. The van der Waals surface area contributed by atoms with Gasteiger partial charge >= 0.3 is 0 Å². The maximum absolute atomic E-state index is 11.9. The summed E-state index contributed by atoms with van der Waals surface area (Å²) in [7, 11) is 0. The molecule has 2 heterocycles. The summed E-state index contributed by atoms with van der Waals surface area (Å²) in [5, 5.41) is 5.13. The van der Waals surface area contributed by atoms with Gasteiger partial charge in [0.15, 0.2) is 5.76 Å². The van der Waals surface area contributed by atoms with Gasteiger partial charge in [-0.15, -0.1) is 0 Å². The second-order valence-corrected chi connectivity index (χ2v) is 4.88. The van der Waals surface area contributed by atoms with E-state index in [1.165, 1.54) is 24.7 Å². The summed E-state index contributed by atoms with van der Waals surface area (Å²) < 4.78 is 10.4. The molecule has 0 saturated carbocycles. The van der Waals surface area contributed by atoms with Crippen LogP contribution in [-0.2, 0) is 4.79 Å². The zero-order chi connectivity index (χ0) is 17.5. The Bertz CT molecular complexity index is 833. The van der Waals surface area contributed by atoms with Gasteiger partial charge in [0.2, 0.25) is 11.8 Å². The van der Waals surface area contributed by atoms with Crippen LogP contribution in [0.4, 0.5) is 5.69 Å². The van der Waals surface area contributed by atoms with E-state index in [4.69, 9.17) is 9.15 Å². The third-order valence-electron chi connectivity index (χ3n) is 3.05. The highest BCUT2D eigenvalue weighted by Gasteiger charge is 2.10. The summed E-state index contributed by atoms with van der Waals surface area (Å²) >= 11 is 0. The Morgan fingerprint density at radius 2 is 1.96 bits per heavy atom. The zero-order valence-corrected chi connectivity index (χ0v) is 13.0. The maximum Gasteiger partial charge on any atom is 0.287 e. The first-order chi connectivity index (χ1) is 12.2. The molecule has 2 aromatic heterocycles. The number of ether oxygens (including phenoxy) is 1. The molecular weight excluding hydrogens is 324 g/mol. The van der Waals surface area contributed by atoms with Gasteiger partial charge in [-0.3, -0.25) is 14.6 Å². The predicted molar refractivity (Wildman–Crippen MR) is 88.2 cm³/mol. The first kappa shape index (κ1) is 16.2. The molecule has 126 valence electrons. The molecule has 0 saturated heterocycles. The normalized spacial score (nSPS) is 10.1. The van der Waals surface area contributed by atoms with Gasteiger partial charge in [0.25, 0.3) is 5.91 Å². The van der Waals surface area contributed by atoms with Crippen LogP contribution in [0.3, 0.4) is 0 Å². The molecule has 0 unspecified atom stereocenters. The molecule has 0 aliphatic heterocycles. The van der Waals surface area contributed by atoms with Crippen LogP contribution in [0, 0.1) is 0 Å². The van der Waals surface area contributed by atoms with Crippen LogP contribution in [0.25, 0.3) is 0 Å². The molecule has 0 aliphatic carbocycles. The minimum Gasteiger partial charge on any atom is -0.459 e. The number of nitrogens with one attached hydrogen (secondary N) is 2. The van der Waals surface area contributed by atoms with Crippen molar-refractivity contribution in [1.82, 2.24) is 15.3 Å². The van der Waals surface area contributed by atoms with E-state index in [2.05, 4.69) is 20.6 Å². The van der Waals surface area contributed by atoms with E-state index in [9.17, 15) is 9.59 Å². The molecular formula is C17H14N4O4. The van der Waals surface area contributed by atoms with Crippen LogP contribution < -0.4 is 15.4 Å². The van der Waals surface area contributed by atoms with Crippen LogP contribution in [0.1, 0.15) is 10.6 Å². The third kappa shape index (κ3) is 4.64. The summed E-state index contributed by atoms with van der Waals surface area (Å²) in [6.07, 6.45) is 5.97. The number of furan rings is 1. The molecule has 0 bridgehead atoms. The second-order valence-electron chi connectivity index (χ2n) is 4.88. The monoisotopic (exact) mass is 338 g/mol. The number of hydrogen-bond acceptors (Lipinski definition) is 6. The van der Waals surface area contributed by atoms with Crippen molar-refractivity contribution in [3.05, 3.63) is 67.0 Å². The van der Waals surface area contributed by atoms with Crippen LogP contribution in [0.2, 0.25) is 0 Å². The van der Waals surface area contributed by atoms with Crippen molar-refractivity contribution in [2.45, 2.75) is 0 Å². The summed E-state index contributed by atoms with van der Waals surface area (Å²) in [6, 6.07) is 9.84. The van der Waals surface area contributed by atoms with Gasteiger partial charge in [-0.25, -0.2) is 4.98 Å². The lowest BCUT2D eigenvalue weighted by Gasteiger charge is -2.08. The number of hydrogen-bond donors (Lipinski definition) is 2. The first-order valence-corrected chi connectivity index (χ1v) is 7.36. The Hall–Kier alpha value is -3.68. The summed E-state index contributed by atoms with van der Waals surface area (Å²) in [5.41, 5.74) is 0.573. The van der Waals surface area contributed by atoms with Crippen LogP contribution in [0.5, 0.6) is 11.6 Å². The van der Waals surface area contributed by atoms with Crippen molar-refractivity contribution < 1.29 is 18.7 Å². The SMILES string of the molecule is O=C(CNC(=O)c1ccco1)Nc1ccc(Oc2cnccn2)cc1. The Kier molecular flexibility index (Phi) is 5.01. The van der Waals surface area contributed by atoms with Gasteiger partial charge in [0.1, 0.15) is 5.75 Å². The van der Waals surface area contributed by atoms with Gasteiger partial charge in [0, 0.05) is 18.1 Å². The van der Waals surface area contributed by atoms with Gasteiger partial charge in [-0.05, 0) is 36.4 Å². The van der Waals surface area contributed by atoms with Crippen molar-refractivity contribution in [1.29, 1.82) is 0 Å². The Morgan fingerprint density at radius 3 is 2.64 bits per heavy atom. The lowest BCUT2D eigenvalue weighted by atomic mass is 10.3. The standard InChI is InChI=1S/C17H14N4O4/c22-15(10-20-17(23)14-2-1-9-24-14)21-12-3-5-13(6-4-12)25-16-11-18-7-8-19-16/h1-9,11H,10H2,(H,20,23)(H,21,22). The predicted octanol–water partition coefficient (Wildman–Crippen LogP) is 2.23. The Labute approximate surface area is 142 Å². The highest BCUT2D eigenvalue weighted by molar-refractivity contribution is 5.97. The van der Waals surface area contributed by atoms with Crippen LogP contribution in [0.15, 0.2) is 65.7 Å². The molecule has 3 rings (SSSR count). The first-order valence-electron chi connectivity index (χ1n) is 7.36. The third-order valence-corrected chi connectivity index (χ3v) is 3.05. The number of carbonyl (C=O) groups excluding carboxylic acids is 2. The lowest BCUT2D eigenvalue weighted by Crippen LogP contribution is -2.32. The number of rotatable bonds is 6. The number of nitrogens with zero attached hydrogens (tertiary/aromatic N) is 2. The largest absolute Gasteiger partial charge is 0.459 e. The van der Waals surface area contributed by atoms with Gasteiger partial charge in [-0.1, -0.05) is 0 Å². The van der Waals surface area contributed by atoms with E-state index in [1.54, 1.807) is 36.5 Å². The highest BCUT2D eigenvalue weighted by Crippen LogP contribution is 2.20. The molecule has 0 spiro atoms. The van der Waals surface area contributed by atoms with Crippen molar-refractivity contribution in [3.8, 4) is 11.6 Å². The van der Waals surface area contributed by atoms with E-state index in [0.717, 1.165) is 0 Å². The average Bonchev–Trinajstić information content (AvgIpc) is 3.17. The van der Waals surface area contributed by atoms with Gasteiger partial charge in [0.05, 0.1) is 19.0 Å². The Morgan fingerprint density at radius 1 is 1.12 bits per heavy atom. The number of benzene rings is 1. The van der Waals surface area contributed by atoms with Crippen molar-refractivity contribution >= 4 is 17.5 Å². The van der Waals surface area contributed by atoms with Gasteiger partial charge < -0.3 is 19.8 Å². The lowest BCUT2D eigenvalue weighted by molar-refractivity contribution is -0.115. The maximum atomic E-state index is 11.9. The average molecular weight is 338 g/mol. The number of carbonyl (C=O) groups is 2. The number of amides is 2. The zero-order valence-electron chi connectivity index (χ0n) is 13.0. The van der Waals surface area contributed by atoms with E-state index >= 15 is 0 Å². The molecule has 0 radical (unpaired) electrons. The number of anilines is 1. The molecule has 0 aliphatic rings. The smallest absolute Gasteiger partial charge is 0.287 e. The minimum absolute atomic E-state index is 0.151. The molecule has 2 amide bonds. The van der Waals surface area contributed by atoms with E-state index in [1.807, 2.05) is 0 Å². The molecule has 3 aromatic rings. The minimum atomic E-state index is -0.451. The molecule has 2 N–H and O–H groups in total. The molecule has 25 heavy (non-hydrogen) atoms. The van der Waals surface area contributed by atoms with E-state index < -0.39 is 5.91 Å². The molecule has 8 nitrogen and oxygen atoms in total. The van der Waals surface area contributed by atoms with E-state index in [0.29, 0.717) is 17.3 Å². The summed E-state index contributed by atoms with van der Waals surface area (Å²) in [5.74, 6) is 0.276. The Balaban J connectivity index is 1.49. The van der Waals surface area contributed by atoms with Crippen molar-refractivity contribution in [3.63, 3.8) is 0 Å². The van der Waals surface area contributed by atoms with Crippen LogP contribution >= 0.6 is 0 Å².